The largest absolute Gasteiger partial charge is 0.216 e. The fraction of sp³-hybridized carbons (Fsp3) is 1.00. The highest BCUT2D eigenvalue weighted by Crippen LogP contribution is 1.92. The van der Waals surface area contributed by atoms with Gasteiger partial charge in [0.2, 0.25) is 10.0 Å². The summed E-state index contributed by atoms with van der Waals surface area (Å²) in [7, 11) is -2.95. The van der Waals surface area contributed by atoms with Gasteiger partial charge in [-0.3, -0.25) is 0 Å². The molecule has 0 atom stereocenters. The molecule has 0 amide bonds. The first-order valence-corrected chi connectivity index (χ1v) is 6.33. The number of sulfonamides is 1. The molecule has 0 bridgehead atoms. The van der Waals surface area contributed by atoms with Crippen molar-refractivity contribution in [2.45, 2.75) is 13.3 Å². The summed E-state index contributed by atoms with van der Waals surface area (Å²) in [6.07, 6.45) is 0.732. The van der Waals surface area contributed by atoms with Crippen LogP contribution in [0.15, 0.2) is 0 Å². The third-order valence-corrected chi connectivity index (χ3v) is 3.23. The average Bonchev–Trinajstić information content (AvgIpc) is 1.84. The quantitative estimate of drug-likeness (QED) is 0.595. The minimum absolute atomic E-state index is 0.254. The first-order valence-electron chi connectivity index (χ1n) is 3.15. The molecule has 0 saturated carbocycles. The number of halogens is 1. The number of alkyl halides is 1. The van der Waals surface area contributed by atoms with Crippen molar-refractivity contribution in [3.63, 3.8) is 0 Å². The molecule has 0 aliphatic rings. The van der Waals surface area contributed by atoms with Gasteiger partial charge in [0.05, 0.1) is 5.75 Å². The fourth-order valence-electron chi connectivity index (χ4n) is 0.537. The lowest BCUT2D eigenvalue weighted by molar-refractivity contribution is 0.583. The molecule has 62 valence electrons. The summed E-state index contributed by atoms with van der Waals surface area (Å²) >= 11 is 2.16. The maximum atomic E-state index is 10.9. The molecule has 10 heavy (non-hydrogen) atoms. The van der Waals surface area contributed by atoms with Crippen LogP contribution in [0.5, 0.6) is 0 Å². The van der Waals surface area contributed by atoms with E-state index >= 15 is 0 Å². The van der Waals surface area contributed by atoms with Crippen LogP contribution >= 0.6 is 22.6 Å². The van der Waals surface area contributed by atoms with Crippen molar-refractivity contribution in [2.24, 2.45) is 0 Å². The van der Waals surface area contributed by atoms with E-state index in [9.17, 15) is 8.42 Å². The van der Waals surface area contributed by atoms with Gasteiger partial charge in [0.15, 0.2) is 0 Å². The Labute approximate surface area is 75.8 Å². The van der Waals surface area contributed by atoms with Crippen LogP contribution in [0.4, 0.5) is 0 Å². The molecule has 0 rings (SSSR count). The van der Waals surface area contributed by atoms with Crippen LogP contribution in [-0.2, 0) is 10.0 Å². The van der Waals surface area contributed by atoms with E-state index in [1.54, 1.807) is 6.92 Å². The van der Waals surface area contributed by atoms with Crippen molar-refractivity contribution in [2.75, 3.05) is 16.7 Å². The highest BCUT2D eigenvalue weighted by Gasteiger charge is 2.05. The van der Waals surface area contributed by atoms with Crippen LogP contribution in [0.2, 0.25) is 0 Å². The minimum atomic E-state index is -2.95. The average molecular weight is 277 g/mol. The SMILES string of the molecule is CCNS(=O)(=O)CCCI. The molecule has 0 aliphatic carbocycles. The van der Waals surface area contributed by atoms with Crippen LogP contribution in [0.1, 0.15) is 13.3 Å². The molecule has 0 heterocycles. The zero-order chi connectivity index (χ0) is 8.04. The van der Waals surface area contributed by atoms with Gasteiger partial charge in [-0.1, -0.05) is 29.5 Å². The van der Waals surface area contributed by atoms with E-state index < -0.39 is 10.0 Å². The summed E-state index contributed by atoms with van der Waals surface area (Å²) in [5.41, 5.74) is 0. The second kappa shape index (κ2) is 5.31. The van der Waals surface area contributed by atoms with Gasteiger partial charge in [0, 0.05) is 11.0 Å². The van der Waals surface area contributed by atoms with E-state index in [2.05, 4.69) is 27.3 Å². The minimum Gasteiger partial charge on any atom is -0.216 e. The van der Waals surface area contributed by atoms with Gasteiger partial charge < -0.3 is 0 Å². The summed E-state index contributed by atoms with van der Waals surface area (Å²) in [6.45, 7) is 2.27. The van der Waals surface area contributed by atoms with E-state index in [-0.39, 0.29) is 5.75 Å². The van der Waals surface area contributed by atoms with E-state index in [1.165, 1.54) is 0 Å². The van der Waals surface area contributed by atoms with Crippen LogP contribution in [0, 0.1) is 0 Å². The summed E-state index contributed by atoms with van der Waals surface area (Å²) < 4.78 is 25.1. The fourth-order valence-corrected chi connectivity index (χ4v) is 2.54. The van der Waals surface area contributed by atoms with Gasteiger partial charge in [-0.2, -0.15) is 0 Å². The van der Waals surface area contributed by atoms with Crippen LogP contribution in [0.3, 0.4) is 0 Å². The van der Waals surface area contributed by atoms with Gasteiger partial charge in [-0.05, 0) is 6.42 Å². The van der Waals surface area contributed by atoms with E-state index in [4.69, 9.17) is 0 Å². The number of hydrogen-bond acceptors (Lipinski definition) is 2. The Hall–Kier alpha value is 0.640. The van der Waals surface area contributed by atoms with Crippen LogP contribution < -0.4 is 4.72 Å². The lowest BCUT2D eigenvalue weighted by Gasteiger charge is -2.00. The van der Waals surface area contributed by atoms with Gasteiger partial charge in [-0.25, -0.2) is 13.1 Å². The molecular weight excluding hydrogens is 265 g/mol. The van der Waals surface area contributed by atoms with Crippen molar-refractivity contribution in [3.05, 3.63) is 0 Å². The number of nitrogens with one attached hydrogen (secondary N) is 1. The zero-order valence-electron chi connectivity index (χ0n) is 5.93. The Kier molecular flexibility index (Phi) is 5.65. The molecule has 0 aromatic rings. The Balaban J connectivity index is 3.65. The van der Waals surface area contributed by atoms with E-state index in [0.717, 1.165) is 10.8 Å². The standard InChI is InChI=1S/C5H12INO2S/c1-2-7-10(8,9)5-3-4-6/h7H,2-5H2,1H3. The lowest BCUT2D eigenvalue weighted by atomic mass is 10.6. The maximum absolute atomic E-state index is 10.9. The molecule has 1 N–H and O–H groups in total. The van der Waals surface area contributed by atoms with Crippen LogP contribution in [-0.4, -0.2) is 25.1 Å². The highest BCUT2D eigenvalue weighted by atomic mass is 127. The Morgan fingerprint density at radius 3 is 2.50 bits per heavy atom. The second-order valence-electron chi connectivity index (χ2n) is 1.86. The van der Waals surface area contributed by atoms with Crippen LogP contribution in [0.25, 0.3) is 0 Å². The molecular formula is C5H12INO2S. The predicted molar refractivity (Wildman–Crippen MR) is 51.0 cm³/mol. The second-order valence-corrected chi connectivity index (χ2v) is 4.86. The normalized spacial score (nSPS) is 11.8. The highest BCUT2D eigenvalue weighted by molar-refractivity contribution is 14.1. The Bertz CT molecular complexity index is 166. The summed E-state index contributed by atoms with van der Waals surface area (Å²) in [6, 6.07) is 0. The molecule has 0 fully saturated rings. The number of rotatable bonds is 5. The van der Waals surface area contributed by atoms with Crippen molar-refractivity contribution >= 4 is 32.6 Å². The molecule has 5 heteroatoms. The van der Waals surface area contributed by atoms with Crippen molar-refractivity contribution in [1.29, 1.82) is 0 Å². The van der Waals surface area contributed by atoms with Crippen molar-refractivity contribution in [3.8, 4) is 0 Å². The molecule has 0 aromatic carbocycles. The topological polar surface area (TPSA) is 46.2 Å². The summed E-state index contributed by atoms with van der Waals surface area (Å²) in [5.74, 6) is 0.254. The van der Waals surface area contributed by atoms with Gasteiger partial charge >= 0.3 is 0 Å². The Morgan fingerprint density at radius 2 is 2.10 bits per heavy atom. The molecule has 0 aromatic heterocycles. The van der Waals surface area contributed by atoms with E-state index in [1.807, 2.05) is 0 Å². The molecule has 0 aliphatic heterocycles. The van der Waals surface area contributed by atoms with Gasteiger partial charge in [-0.15, -0.1) is 0 Å². The molecule has 0 spiro atoms. The predicted octanol–water partition coefficient (Wildman–Crippen LogP) is 0.751. The molecule has 0 saturated heterocycles. The zero-order valence-corrected chi connectivity index (χ0v) is 8.91. The van der Waals surface area contributed by atoms with Gasteiger partial charge in [0.1, 0.15) is 0 Å². The molecule has 3 nitrogen and oxygen atoms in total. The summed E-state index contributed by atoms with van der Waals surface area (Å²) in [5, 5.41) is 0. The van der Waals surface area contributed by atoms with E-state index in [0.29, 0.717) is 6.54 Å². The Morgan fingerprint density at radius 1 is 1.50 bits per heavy atom. The lowest BCUT2D eigenvalue weighted by Crippen LogP contribution is -2.25. The van der Waals surface area contributed by atoms with Gasteiger partial charge in [0.25, 0.3) is 0 Å². The number of hydrogen-bond donors (Lipinski definition) is 1. The monoisotopic (exact) mass is 277 g/mol. The third kappa shape index (κ3) is 5.43. The molecule has 0 unspecified atom stereocenters. The van der Waals surface area contributed by atoms with Crippen molar-refractivity contribution in [1.82, 2.24) is 4.72 Å². The molecule has 0 radical (unpaired) electrons. The third-order valence-electron chi connectivity index (χ3n) is 0.911. The summed E-state index contributed by atoms with van der Waals surface area (Å²) in [4.78, 5) is 0. The smallest absolute Gasteiger partial charge is 0.211 e. The maximum Gasteiger partial charge on any atom is 0.211 e. The first kappa shape index (κ1) is 10.6. The van der Waals surface area contributed by atoms with Crippen molar-refractivity contribution < 1.29 is 8.42 Å². The first-order chi connectivity index (χ1) is 4.62.